The zero-order chi connectivity index (χ0) is 12.3. The molecule has 17 heavy (non-hydrogen) atoms. The summed E-state index contributed by atoms with van der Waals surface area (Å²) in [6, 6.07) is 4.92. The quantitative estimate of drug-likeness (QED) is 0.566. The maximum absolute atomic E-state index is 13.5. The molecular weight excluding hydrogens is 217 g/mol. The molecule has 0 spiro atoms. The van der Waals surface area contributed by atoms with Crippen LogP contribution in [0.1, 0.15) is 43.2 Å². The van der Waals surface area contributed by atoms with Gasteiger partial charge in [-0.15, -0.1) is 0 Å². The van der Waals surface area contributed by atoms with Gasteiger partial charge in [-0.1, -0.05) is 25.3 Å². The van der Waals surface area contributed by atoms with Crippen LogP contribution in [0, 0.1) is 12.7 Å². The number of isocyanates is 1. The molecule has 0 aliphatic heterocycles. The zero-order valence-electron chi connectivity index (χ0n) is 10.0. The molecular formula is C14H16FNO. The SMILES string of the molecule is Cc1cc(F)cc(C2(N=C=O)CCCCC2)c1. The van der Waals surface area contributed by atoms with Crippen LogP contribution in [0.15, 0.2) is 23.2 Å². The van der Waals surface area contributed by atoms with E-state index in [4.69, 9.17) is 0 Å². The highest BCUT2D eigenvalue weighted by atomic mass is 19.1. The van der Waals surface area contributed by atoms with Crippen molar-refractivity contribution in [3.05, 3.63) is 35.1 Å². The molecule has 1 aliphatic carbocycles. The van der Waals surface area contributed by atoms with Crippen molar-refractivity contribution in [3.8, 4) is 0 Å². The molecule has 0 bridgehead atoms. The summed E-state index contributed by atoms with van der Waals surface area (Å²) in [6.07, 6.45) is 6.50. The number of hydrogen-bond donors (Lipinski definition) is 0. The Labute approximate surface area is 101 Å². The summed E-state index contributed by atoms with van der Waals surface area (Å²) in [7, 11) is 0. The second kappa shape index (κ2) is 4.80. The van der Waals surface area contributed by atoms with Crippen LogP contribution in [0.5, 0.6) is 0 Å². The van der Waals surface area contributed by atoms with Gasteiger partial charge in [-0.3, -0.25) is 0 Å². The topological polar surface area (TPSA) is 29.4 Å². The predicted molar refractivity (Wildman–Crippen MR) is 64.0 cm³/mol. The molecule has 0 atom stereocenters. The maximum Gasteiger partial charge on any atom is 0.235 e. The monoisotopic (exact) mass is 233 g/mol. The van der Waals surface area contributed by atoms with Crippen molar-refractivity contribution >= 4 is 6.08 Å². The summed E-state index contributed by atoms with van der Waals surface area (Å²) in [6.45, 7) is 1.85. The first-order valence-corrected chi connectivity index (χ1v) is 6.03. The Kier molecular flexibility index (Phi) is 3.39. The van der Waals surface area contributed by atoms with Crippen LogP contribution in [-0.4, -0.2) is 6.08 Å². The fourth-order valence-corrected chi connectivity index (χ4v) is 2.69. The van der Waals surface area contributed by atoms with Gasteiger partial charge in [-0.25, -0.2) is 9.18 Å². The lowest BCUT2D eigenvalue weighted by Crippen LogP contribution is -2.26. The molecule has 3 heteroatoms. The highest BCUT2D eigenvalue weighted by Gasteiger charge is 2.34. The van der Waals surface area contributed by atoms with Gasteiger partial charge in [-0.2, -0.15) is 4.99 Å². The van der Waals surface area contributed by atoms with E-state index >= 15 is 0 Å². The largest absolute Gasteiger partial charge is 0.235 e. The van der Waals surface area contributed by atoms with Crippen LogP contribution >= 0.6 is 0 Å². The molecule has 0 amide bonds. The molecule has 1 aromatic rings. The summed E-state index contributed by atoms with van der Waals surface area (Å²) in [5.41, 5.74) is 1.15. The molecule has 1 saturated carbocycles. The first-order chi connectivity index (χ1) is 8.16. The van der Waals surface area contributed by atoms with Gasteiger partial charge in [0.2, 0.25) is 6.08 Å². The lowest BCUT2D eigenvalue weighted by atomic mass is 9.77. The van der Waals surface area contributed by atoms with E-state index in [0.29, 0.717) is 0 Å². The summed E-state index contributed by atoms with van der Waals surface area (Å²) in [5.74, 6) is -0.258. The Bertz CT molecular complexity index is 437. The number of carbonyl (C=O) groups excluding carboxylic acids is 1. The molecule has 0 N–H and O–H groups in total. The zero-order valence-corrected chi connectivity index (χ0v) is 10.0. The minimum Gasteiger partial charge on any atom is -0.211 e. The van der Waals surface area contributed by atoms with Gasteiger partial charge in [0.05, 0.1) is 5.54 Å². The number of aryl methyl sites for hydroxylation is 1. The molecule has 2 rings (SSSR count). The van der Waals surface area contributed by atoms with E-state index in [0.717, 1.165) is 43.2 Å². The number of nitrogens with zero attached hydrogens (tertiary/aromatic N) is 1. The third kappa shape index (κ3) is 2.45. The molecule has 0 heterocycles. The average Bonchev–Trinajstić information content (AvgIpc) is 2.29. The van der Waals surface area contributed by atoms with Crippen LogP contribution in [0.3, 0.4) is 0 Å². The van der Waals surface area contributed by atoms with E-state index in [1.165, 1.54) is 12.1 Å². The van der Waals surface area contributed by atoms with Gasteiger partial charge in [0.1, 0.15) is 5.82 Å². The minimum absolute atomic E-state index is 0.258. The third-order valence-electron chi connectivity index (χ3n) is 3.52. The van der Waals surface area contributed by atoms with Crippen LogP contribution in [0.4, 0.5) is 4.39 Å². The van der Waals surface area contributed by atoms with Crippen molar-refractivity contribution in [3.63, 3.8) is 0 Å². The second-order valence-electron chi connectivity index (χ2n) is 4.81. The van der Waals surface area contributed by atoms with Gasteiger partial charge in [0.15, 0.2) is 0 Å². The second-order valence-corrected chi connectivity index (χ2v) is 4.81. The first kappa shape index (κ1) is 12.0. The minimum atomic E-state index is -0.535. The van der Waals surface area contributed by atoms with Crippen LogP contribution < -0.4 is 0 Å². The van der Waals surface area contributed by atoms with Crippen molar-refractivity contribution in [2.75, 3.05) is 0 Å². The molecule has 2 nitrogen and oxygen atoms in total. The Hall–Kier alpha value is -1.47. The van der Waals surface area contributed by atoms with Crippen LogP contribution in [0.25, 0.3) is 0 Å². The number of aliphatic imine (C=N–C) groups is 1. The number of benzene rings is 1. The van der Waals surface area contributed by atoms with E-state index in [1.807, 2.05) is 13.0 Å². The molecule has 0 radical (unpaired) electrons. The molecule has 0 saturated heterocycles. The highest BCUT2D eigenvalue weighted by Crippen LogP contribution is 2.40. The fraction of sp³-hybridized carbons (Fsp3) is 0.500. The van der Waals surface area contributed by atoms with Gasteiger partial charge in [0, 0.05) is 0 Å². The van der Waals surface area contributed by atoms with Gasteiger partial charge in [-0.05, 0) is 43.0 Å². The van der Waals surface area contributed by atoms with E-state index < -0.39 is 5.54 Å². The third-order valence-corrected chi connectivity index (χ3v) is 3.52. The summed E-state index contributed by atoms with van der Waals surface area (Å²) >= 11 is 0. The lowest BCUT2D eigenvalue weighted by molar-refractivity contribution is 0.303. The molecule has 0 aromatic heterocycles. The van der Waals surface area contributed by atoms with Crippen molar-refractivity contribution in [2.24, 2.45) is 4.99 Å². The Balaban J connectivity index is 2.47. The van der Waals surface area contributed by atoms with Crippen molar-refractivity contribution in [2.45, 2.75) is 44.6 Å². The summed E-state index contributed by atoms with van der Waals surface area (Å²) in [5, 5.41) is 0. The average molecular weight is 233 g/mol. The van der Waals surface area contributed by atoms with Crippen LogP contribution in [0.2, 0.25) is 0 Å². The van der Waals surface area contributed by atoms with Gasteiger partial charge >= 0.3 is 0 Å². The molecule has 1 aromatic carbocycles. The van der Waals surface area contributed by atoms with Gasteiger partial charge in [0.25, 0.3) is 0 Å². The highest BCUT2D eigenvalue weighted by molar-refractivity contribution is 5.39. The number of rotatable bonds is 2. The van der Waals surface area contributed by atoms with Crippen molar-refractivity contribution < 1.29 is 9.18 Å². The summed E-state index contributed by atoms with van der Waals surface area (Å²) < 4.78 is 13.5. The molecule has 0 unspecified atom stereocenters. The van der Waals surface area contributed by atoms with Crippen molar-refractivity contribution in [1.82, 2.24) is 0 Å². The Morgan fingerprint density at radius 3 is 2.53 bits per heavy atom. The van der Waals surface area contributed by atoms with Crippen molar-refractivity contribution in [1.29, 1.82) is 0 Å². The number of hydrogen-bond acceptors (Lipinski definition) is 2. The number of halogens is 1. The standard InChI is InChI=1S/C14H16FNO/c1-11-7-12(9-13(15)8-11)14(16-10-17)5-3-2-4-6-14/h7-9H,2-6H2,1H3. The van der Waals surface area contributed by atoms with E-state index in [-0.39, 0.29) is 5.82 Å². The lowest BCUT2D eigenvalue weighted by Gasteiger charge is -2.32. The first-order valence-electron chi connectivity index (χ1n) is 6.03. The maximum atomic E-state index is 13.5. The Morgan fingerprint density at radius 2 is 1.94 bits per heavy atom. The van der Waals surface area contributed by atoms with Gasteiger partial charge < -0.3 is 0 Å². The molecule has 1 fully saturated rings. The smallest absolute Gasteiger partial charge is 0.211 e. The summed E-state index contributed by atoms with van der Waals surface area (Å²) in [4.78, 5) is 14.6. The van der Waals surface area contributed by atoms with E-state index in [2.05, 4.69) is 4.99 Å². The fourth-order valence-electron chi connectivity index (χ4n) is 2.69. The van der Waals surface area contributed by atoms with E-state index in [9.17, 15) is 9.18 Å². The predicted octanol–water partition coefficient (Wildman–Crippen LogP) is 3.63. The molecule has 1 aliphatic rings. The Morgan fingerprint density at radius 1 is 1.24 bits per heavy atom. The van der Waals surface area contributed by atoms with Crippen LogP contribution in [-0.2, 0) is 10.3 Å². The molecule has 90 valence electrons. The van der Waals surface area contributed by atoms with E-state index in [1.54, 1.807) is 6.08 Å². The normalized spacial score (nSPS) is 18.5.